The summed E-state index contributed by atoms with van der Waals surface area (Å²) >= 11 is 0. The first kappa shape index (κ1) is 53.5. The number of hydrogen-bond donors (Lipinski definition) is 16. The monoisotopic (exact) mass is 844 g/mol. The van der Waals surface area contributed by atoms with Gasteiger partial charge in [0.15, 0.2) is 23.9 Å². The lowest BCUT2D eigenvalue weighted by molar-refractivity contribution is -0.145. The zero-order valence-corrected chi connectivity index (χ0v) is 33.9. The molecule has 338 valence electrons. The van der Waals surface area contributed by atoms with Gasteiger partial charge in [-0.3, -0.25) is 38.9 Å². The zero-order chi connectivity index (χ0) is 44.9. The molecule has 0 heterocycles. The van der Waals surface area contributed by atoms with Crippen molar-refractivity contribution in [3.63, 3.8) is 0 Å². The number of aliphatic carboxylic acids is 1. The van der Waals surface area contributed by atoms with E-state index in [0.717, 1.165) is 0 Å². The van der Waals surface area contributed by atoms with Crippen molar-refractivity contribution in [1.82, 2.24) is 26.6 Å². The van der Waals surface area contributed by atoms with Crippen molar-refractivity contribution in [1.29, 1.82) is 0 Å². The van der Waals surface area contributed by atoms with Gasteiger partial charge in [-0.2, -0.15) is 0 Å². The second-order valence-electron chi connectivity index (χ2n) is 13.8. The molecule has 0 unspecified atom stereocenters. The van der Waals surface area contributed by atoms with Crippen molar-refractivity contribution in [2.45, 2.75) is 126 Å². The number of nitrogens with zero attached hydrogens (tertiary/aromatic N) is 3. The van der Waals surface area contributed by atoms with Crippen LogP contribution in [0.3, 0.4) is 0 Å². The van der Waals surface area contributed by atoms with E-state index in [2.05, 4.69) is 41.6 Å². The van der Waals surface area contributed by atoms with Crippen LogP contribution in [0.25, 0.3) is 0 Å². The first-order valence-electron chi connectivity index (χ1n) is 19.6. The molecule has 5 amide bonds. The van der Waals surface area contributed by atoms with Crippen LogP contribution < -0.4 is 78.2 Å². The number of guanidine groups is 3. The van der Waals surface area contributed by atoms with Crippen molar-refractivity contribution in [2.24, 2.45) is 66.6 Å². The minimum Gasteiger partial charge on any atom is -0.480 e. The summed E-state index contributed by atoms with van der Waals surface area (Å²) in [6.07, 6.45) is 1.43. The fourth-order valence-electron chi connectivity index (χ4n) is 5.46. The van der Waals surface area contributed by atoms with E-state index < -0.39 is 77.9 Å². The highest BCUT2D eigenvalue weighted by atomic mass is 16.4. The minimum atomic E-state index is -1.69. The number of rotatable bonds is 32. The number of carbonyl (C=O) groups excluding carboxylic acids is 5. The maximum atomic E-state index is 13.9. The fraction of sp³-hybridized carbons (Fsp3) is 0.735. The molecule has 0 aliphatic heterocycles. The summed E-state index contributed by atoms with van der Waals surface area (Å²) in [4.78, 5) is 91.2. The van der Waals surface area contributed by atoms with E-state index in [1.807, 2.05) is 0 Å². The Morgan fingerprint density at radius 1 is 0.492 bits per heavy atom. The van der Waals surface area contributed by atoms with Gasteiger partial charge in [-0.05, 0) is 97.1 Å². The van der Waals surface area contributed by atoms with Crippen LogP contribution in [0.15, 0.2) is 15.0 Å². The van der Waals surface area contributed by atoms with E-state index in [4.69, 9.17) is 51.6 Å². The van der Waals surface area contributed by atoms with Crippen molar-refractivity contribution < 1.29 is 39.0 Å². The van der Waals surface area contributed by atoms with E-state index in [-0.39, 0.29) is 89.0 Å². The predicted molar refractivity (Wildman–Crippen MR) is 222 cm³/mol. The quantitative estimate of drug-likeness (QED) is 0.0170. The molecule has 0 aliphatic rings. The van der Waals surface area contributed by atoms with Crippen LogP contribution in [0.2, 0.25) is 0 Å². The largest absolute Gasteiger partial charge is 0.480 e. The van der Waals surface area contributed by atoms with Crippen molar-refractivity contribution >= 4 is 53.4 Å². The molecule has 25 N–H and O–H groups in total. The summed E-state index contributed by atoms with van der Waals surface area (Å²) < 4.78 is 0. The van der Waals surface area contributed by atoms with Gasteiger partial charge in [0.1, 0.15) is 24.2 Å². The van der Waals surface area contributed by atoms with Crippen molar-refractivity contribution in [3.05, 3.63) is 0 Å². The first-order chi connectivity index (χ1) is 27.8. The lowest BCUT2D eigenvalue weighted by Crippen LogP contribution is -2.59. The SMILES string of the molecule is C[C@@H](O)[C@H](NC(=O)[C@H](CCCN=C(N)N)NC(=O)[C@H](CCCCN)NC(=O)[C@H](CCCCN)NC(=O)[C@H](CCCN=C(N)N)NC(=O)[C@@H](N)CCCN=C(N)N)C(=O)O. The number of nitrogens with two attached hydrogens (primary N) is 9. The highest BCUT2D eigenvalue weighted by Crippen LogP contribution is 2.10. The van der Waals surface area contributed by atoms with Gasteiger partial charge in [0.05, 0.1) is 12.1 Å². The highest BCUT2D eigenvalue weighted by Gasteiger charge is 2.33. The third-order valence-electron chi connectivity index (χ3n) is 8.67. The average molecular weight is 844 g/mol. The Kier molecular flexibility index (Phi) is 27.7. The van der Waals surface area contributed by atoms with Crippen molar-refractivity contribution in [3.8, 4) is 0 Å². The maximum Gasteiger partial charge on any atom is 0.328 e. The molecule has 0 aliphatic carbocycles. The van der Waals surface area contributed by atoms with E-state index in [1.54, 1.807) is 0 Å². The van der Waals surface area contributed by atoms with E-state index >= 15 is 0 Å². The van der Waals surface area contributed by atoms with Crippen LogP contribution in [-0.2, 0) is 28.8 Å². The summed E-state index contributed by atoms with van der Waals surface area (Å²) in [5.74, 6) is -5.82. The highest BCUT2D eigenvalue weighted by molar-refractivity contribution is 5.96. The van der Waals surface area contributed by atoms with Gasteiger partial charge in [0.25, 0.3) is 0 Å². The Labute approximate surface area is 344 Å². The first-order valence-corrected chi connectivity index (χ1v) is 19.6. The minimum absolute atomic E-state index is 0.0563. The molecule has 0 saturated carbocycles. The van der Waals surface area contributed by atoms with E-state index in [0.29, 0.717) is 38.6 Å². The molecule has 0 radical (unpaired) electrons. The number of aliphatic hydroxyl groups is 1. The number of carboxylic acid groups (broad SMARTS) is 1. The van der Waals surface area contributed by atoms with Crippen LogP contribution in [-0.4, -0.2) is 139 Å². The third kappa shape index (κ3) is 24.8. The number of unbranched alkanes of at least 4 members (excludes halogenated alkanes) is 2. The fourth-order valence-corrected chi connectivity index (χ4v) is 5.46. The topological polar surface area (TPSA) is 474 Å². The summed E-state index contributed by atoms with van der Waals surface area (Å²) in [5, 5.41) is 32.2. The van der Waals surface area contributed by atoms with Crippen LogP contribution in [0, 0.1) is 0 Å². The number of aliphatic imine (C=N–C) groups is 3. The van der Waals surface area contributed by atoms with Gasteiger partial charge in [0.2, 0.25) is 29.5 Å². The molecule has 0 spiro atoms. The molecule has 0 rings (SSSR count). The number of hydrogen-bond acceptors (Lipinski definition) is 13. The standard InChI is InChI=1S/C34H69N17O8/c1-19(52)25(31(58)59)51-30(57)24(13-8-18-46-34(42)43)50-28(55)22(11-3-5-15-36)48-27(54)21(10-2-4-14-35)49-29(56)23(12-7-17-45-33(40)41)47-26(53)20(37)9-6-16-44-32(38)39/h19-25,52H,2-18,35-37H2,1H3,(H,47,53)(H,48,54)(H,49,56)(H,50,55)(H,51,57)(H,58,59)(H4,38,39,44)(H4,40,41,45)(H4,42,43,46)/t19-,20+,21+,22+,23+,24+,25+/m1/s1. The number of nitrogens with one attached hydrogen (secondary N) is 5. The Bertz CT molecular complexity index is 1400. The van der Waals surface area contributed by atoms with Gasteiger partial charge in [-0.1, -0.05) is 0 Å². The molecule has 25 heteroatoms. The number of carbonyl (C=O) groups is 6. The molecular formula is C34H69N17O8. The lowest BCUT2D eigenvalue weighted by Gasteiger charge is -2.27. The van der Waals surface area contributed by atoms with E-state index in [1.165, 1.54) is 6.92 Å². The Morgan fingerprint density at radius 3 is 1.10 bits per heavy atom. The molecule has 0 bridgehead atoms. The summed E-state index contributed by atoms with van der Waals surface area (Å²) in [5.41, 5.74) is 49.8. The lowest BCUT2D eigenvalue weighted by atomic mass is 10.0. The molecule has 25 nitrogen and oxygen atoms in total. The Balaban J connectivity index is 6.42. The van der Waals surface area contributed by atoms with Gasteiger partial charge < -0.3 is 88.4 Å². The zero-order valence-electron chi connectivity index (χ0n) is 33.9. The molecule has 7 atom stereocenters. The third-order valence-corrected chi connectivity index (χ3v) is 8.67. The molecule has 0 aromatic rings. The second-order valence-corrected chi connectivity index (χ2v) is 13.8. The second kappa shape index (κ2) is 30.5. The van der Waals surface area contributed by atoms with Gasteiger partial charge >= 0.3 is 5.97 Å². The smallest absolute Gasteiger partial charge is 0.328 e. The van der Waals surface area contributed by atoms with Crippen LogP contribution in [0.4, 0.5) is 0 Å². The molecule has 59 heavy (non-hydrogen) atoms. The average Bonchev–Trinajstić information content (AvgIpc) is 3.16. The molecule has 0 aromatic carbocycles. The predicted octanol–water partition coefficient (Wildman–Crippen LogP) is -6.38. The number of aliphatic hydroxyl groups excluding tert-OH is 1. The Hall–Kier alpha value is -5.53. The van der Waals surface area contributed by atoms with Gasteiger partial charge in [-0.25, -0.2) is 4.79 Å². The van der Waals surface area contributed by atoms with Crippen LogP contribution in [0.1, 0.15) is 84.0 Å². The Morgan fingerprint density at radius 2 is 0.797 bits per heavy atom. The van der Waals surface area contributed by atoms with Crippen LogP contribution >= 0.6 is 0 Å². The van der Waals surface area contributed by atoms with Gasteiger partial charge in [-0.15, -0.1) is 0 Å². The molecule has 0 saturated heterocycles. The molecular weight excluding hydrogens is 774 g/mol. The maximum absolute atomic E-state index is 13.9. The number of carboxylic acids is 1. The van der Waals surface area contributed by atoms with Gasteiger partial charge in [0, 0.05) is 19.6 Å². The summed E-state index contributed by atoms with van der Waals surface area (Å²) in [6, 6.07) is -7.70. The number of amides is 5. The molecule has 0 fully saturated rings. The van der Waals surface area contributed by atoms with Crippen molar-refractivity contribution in [2.75, 3.05) is 32.7 Å². The van der Waals surface area contributed by atoms with Crippen LogP contribution in [0.5, 0.6) is 0 Å². The molecule has 0 aromatic heterocycles. The summed E-state index contributed by atoms with van der Waals surface area (Å²) in [6.45, 7) is 2.19. The summed E-state index contributed by atoms with van der Waals surface area (Å²) in [7, 11) is 0. The normalized spacial score (nSPS) is 14.4. The van der Waals surface area contributed by atoms with E-state index in [9.17, 15) is 39.0 Å².